The van der Waals surface area contributed by atoms with Crippen molar-refractivity contribution >= 4 is 18.5 Å². The van der Waals surface area contributed by atoms with E-state index in [1.807, 2.05) is 23.1 Å². The van der Waals surface area contributed by atoms with E-state index in [2.05, 4.69) is 65.0 Å². The van der Waals surface area contributed by atoms with Crippen LogP contribution < -0.4 is 5.46 Å². The van der Waals surface area contributed by atoms with Crippen LogP contribution in [0.1, 0.15) is 51.3 Å². The second-order valence-electron chi connectivity index (χ2n) is 8.97. The maximum absolute atomic E-state index is 12.4. The monoisotopic (exact) mass is 393 g/mol. The van der Waals surface area contributed by atoms with Gasteiger partial charge in [0.25, 0.3) is 0 Å². The maximum atomic E-state index is 12.4. The molecule has 1 heterocycles. The van der Waals surface area contributed by atoms with E-state index in [0.29, 0.717) is 13.1 Å². The van der Waals surface area contributed by atoms with Gasteiger partial charge in [0.1, 0.15) is 0 Å². The standard InChI is InChI=1S/C24H32BNO3/c1-18-12-13-22(25-28-23(3,4)24(5,6)29-25)21(16-18)17-26(19(2)27)15-14-20-10-8-7-9-11-20/h7-13,16H,14-15,17H2,1-6H3. The largest absolute Gasteiger partial charge is 0.495 e. The fraction of sp³-hybridized carbons (Fsp3) is 0.458. The minimum absolute atomic E-state index is 0.0716. The molecule has 2 aromatic carbocycles. The summed E-state index contributed by atoms with van der Waals surface area (Å²) < 4.78 is 12.6. The maximum Gasteiger partial charge on any atom is 0.495 e. The summed E-state index contributed by atoms with van der Waals surface area (Å²) >= 11 is 0. The lowest BCUT2D eigenvalue weighted by Crippen LogP contribution is -2.41. The predicted molar refractivity (Wildman–Crippen MR) is 118 cm³/mol. The zero-order valence-electron chi connectivity index (χ0n) is 18.5. The van der Waals surface area contributed by atoms with Crippen LogP contribution in [0.3, 0.4) is 0 Å². The lowest BCUT2D eigenvalue weighted by molar-refractivity contribution is -0.129. The Hall–Kier alpha value is -2.11. The van der Waals surface area contributed by atoms with Gasteiger partial charge in [-0.2, -0.15) is 0 Å². The van der Waals surface area contributed by atoms with Crippen molar-refractivity contribution in [2.45, 2.75) is 65.7 Å². The van der Waals surface area contributed by atoms with Crippen LogP contribution in [0.15, 0.2) is 48.5 Å². The van der Waals surface area contributed by atoms with Crippen molar-refractivity contribution in [3.8, 4) is 0 Å². The first-order valence-electron chi connectivity index (χ1n) is 10.3. The molecule has 5 heteroatoms. The molecule has 0 radical (unpaired) electrons. The molecule has 0 unspecified atom stereocenters. The molecule has 29 heavy (non-hydrogen) atoms. The lowest BCUT2D eigenvalue weighted by atomic mass is 9.75. The molecule has 1 aliphatic rings. The summed E-state index contributed by atoms with van der Waals surface area (Å²) in [6, 6.07) is 16.6. The highest BCUT2D eigenvalue weighted by molar-refractivity contribution is 6.62. The average Bonchev–Trinajstić information content (AvgIpc) is 2.86. The molecule has 3 rings (SSSR count). The summed E-state index contributed by atoms with van der Waals surface area (Å²) in [6.07, 6.45) is 0.831. The zero-order valence-corrected chi connectivity index (χ0v) is 18.5. The number of benzene rings is 2. The Morgan fingerprint density at radius 3 is 2.21 bits per heavy atom. The molecule has 0 N–H and O–H groups in total. The van der Waals surface area contributed by atoms with E-state index in [9.17, 15) is 4.79 Å². The summed E-state index contributed by atoms with van der Waals surface area (Å²) in [4.78, 5) is 14.3. The van der Waals surface area contributed by atoms with E-state index >= 15 is 0 Å². The Kier molecular flexibility index (Phi) is 6.20. The van der Waals surface area contributed by atoms with Gasteiger partial charge in [-0.05, 0) is 57.6 Å². The Morgan fingerprint density at radius 2 is 1.62 bits per heavy atom. The Bertz CT molecular complexity index is 848. The summed E-state index contributed by atoms with van der Waals surface area (Å²) in [5, 5.41) is 0. The number of hydrogen-bond acceptors (Lipinski definition) is 3. The number of rotatable bonds is 6. The van der Waals surface area contributed by atoms with E-state index in [4.69, 9.17) is 9.31 Å². The first-order valence-corrected chi connectivity index (χ1v) is 10.3. The number of amides is 1. The van der Waals surface area contributed by atoms with Crippen molar-refractivity contribution in [2.75, 3.05) is 6.54 Å². The number of carbonyl (C=O) groups excluding carboxylic acids is 1. The Balaban J connectivity index is 1.82. The Labute approximate surface area is 175 Å². The van der Waals surface area contributed by atoms with E-state index < -0.39 is 18.3 Å². The van der Waals surface area contributed by atoms with Gasteiger partial charge < -0.3 is 14.2 Å². The summed E-state index contributed by atoms with van der Waals surface area (Å²) in [6.45, 7) is 13.2. The average molecular weight is 393 g/mol. The molecular formula is C24H32BNO3. The second kappa shape index (κ2) is 8.33. The van der Waals surface area contributed by atoms with Gasteiger partial charge in [-0.25, -0.2) is 0 Å². The summed E-state index contributed by atoms with van der Waals surface area (Å²) in [5.41, 5.74) is 3.67. The molecule has 0 atom stereocenters. The molecule has 1 saturated heterocycles. The van der Waals surface area contributed by atoms with Crippen LogP contribution >= 0.6 is 0 Å². The number of aryl methyl sites for hydroxylation is 1. The van der Waals surface area contributed by atoms with Crippen molar-refractivity contribution in [1.29, 1.82) is 0 Å². The van der Waals surface area contributed by atoms with E-state index in [0.717, 1.165) is 23.0 Å². The van der Waals surface area contributed by atoms with Crippen molar-refractivity contribution in [1.82, 2.24) is 4.90 Å². The van der Waals surface area contributed by atoms with E-state index in [-0.39, 0.29) is 5.91 Å². The molecule has 1 amide bonds. The molecule has 154 valence electrons. The van der Waals surface area contributed by atoms with Gasteiger partial charge >= 0.3 is 7.12 Å². The quantitative estimate of drug-likeness (QED) is 0.699. The Morgan fingerprint density at radius 1 is 1.00 bits per heavy atom. The van der Waals surface area contributed by atoms with Crippen LogP contribution in [0.5, 0.6) is 0 Å². The fourth-order valence-electron chi connectivity index (χ4n) is 3.53. The van der Waals surface area contributed by atoms with Gasteiger partial charge in [0, 0.05) is 20.0 Å². The molecular weight excluding hydrogens is 361 g/mol. The molecule has 1 fully saturated rings. The first-order chi connectivity index (χ1) is 13.6. The van der Waals surface area contributed by atoms with E-state index in [1.54, 1.807) is 6.92 Å². The second-order valence-corrected chi connectivity index (χ2v) is 8.97. The smallest absolute Gasteiger partial charge is 0.399 e. The molecule has 0 saturated carbocycles. The normalized spacial score (nSPS) is 17.4. The fourth-order valence-corrected chi connectivity index (χ4v) is 3.53. The third-order valence-electron chi connectivity index (χ3n) is 6.13. The highest BCUT2D eigenvalue weighted by Crippen LogP contribution is 2.36. The summed E-state index contributed by atoms with van der Waals surface area (Å²) in [5.74, 6) is 0.0716. The van der Waals surface area contributed by atoms with E-state index in [1.165, 1.54) is 5.56 Å². The van der Waals surface area contributed by atoms with Gasteiger partial charge in [-0.1, -0.05) is 54.1 Å². The number of hydrogen-bond donors (Lipinski definition) is 0. The molecule has 0 aliphatic carbocycles. The zero-order chi connectivity index (χ0) is 21.2. The van der Waals surface area contributed by atoms with Crippen LogP contribution in [0.2, 0.25) is 0 Å². The molecule has 0 aromatic heterocycles. The minimum Gasteiger partial charge on any atom is -0.399 e. The minimum atomic E-state index is -0.432. The molecule has 4 nitrogen and oxygen atoms in total. The summed E-state index contributed by atoms with van der Waals surface area (Å²) in [7, 11) is -0.432. The highest BCUT2D eigenvalue weighted by Gasteiger charge is 2.52. The van der Waals surface area contributed by atoms with Crippen LogP contribution in [0, 0.1) is 6.92 Å². The molecule has 0 spiro atoms. The van der Waals surface area contributed by atoms with Crippen molar-refractivity contribution in [2.24, 2.45) is 0 Å². The van der Waals surface area contributed by atoms with Crippen LogP contribution in [0.25, 0.3) is 0 Å². The number of carbonyl (C=O) groups is 1. The third-order valence-corrected chi connectivity index (χ3v) is 6.13. The van der Waals surface area contributed by atoms with Crippen LogP contribution in [0.4, 0.5) is 0 Å². The molecule has 2 aromatic rings. The van der Waals surface area contributed by atoms with Gasteiger partial charge in [-0.3, -0.25) is 4.79 Å². The van der Waals surface area contributed by atoms with Crippen LogP contribution in [-0.2, 0) is 27.1 Å². The third kappa shape index (κ3) is 4.91. The molecule has 1 aliphatic heterocycles. The van der Waals surface area contributed by atoms with Gasteiger partial charge in [0.05, 0.1) is 11.2 Å². The predicted octanol–water partition coefficient (Wildman–Crippen LogP) is 3.89. The SMILES string of the molecule is CC(=O)N(CCc1ccccc1)Cc1cc(C)ccc1B1OC(C)(C)C(C)(C)O1. The first kappa shape index (κ1) is 21.6. The van der Waals surface area contributed by atoms with Crippen molar-refractivity contribution in [3.63, 3.8) is 0 Å². The van der Waals surface area contributed by atoms with Gasteiger partial charge in [0.2, 0.25) is 5.91 Å². The topological polar surface area (TPSA) is 38.8 Å². The van der Waals surface area contributed by atoms with Gasteiger partial charge in [0.15, 0.2) is 0 Å². The lowest BCUT2D eigenvalue weighted by Gasteiger charge is -2.32. The van der Waals surface area contributed by atoms with Crippen molar-refractivity contribution < 1.29 is 14.1 Å². The highest BCUT2D eigenvalue weighted by atomic mass is 16.7. The number of nitrogens with zero attached hydrogens (tertiary/aromatic N) is 1. The van der Waals surface area contributed by atoms with Crippen molar-refractivity contribution in [3.05, 3.63) is 65.2 Å². The van der Waals surface area contributed by atoms with Gasteiger partial charge in [-0.15, -0.1) is 0 Å². The molecule has 0 bridgehead atoms. The van der Waals surface area contributed by atoms with Crippen LogP contribution in [-0.4, -0.2) is 35.7 Å².